The van der Waals surface area contributed by atoms with Crippen LogP contribution in [-0.4, -0.2) is 44.6 Å². The topological polar surface area (TPSA) is 96.1 Å². The number of benzene rings is 1. The predicted molar refractivity (Wildman–Crippen MR) is 97.0 cm³/mol. The van der Waals surface area contributed by atoms with Crippen molar-refractivity contribution >= 4 is 15.8 Å². The highest BCUT2D eigenvalue weighted by atomic mass is 32.2. The summed E-state index contributed by atoms with van der Waals surface area (Å²) >= 11 is 0. The summed E-state index contributed by atoms with van der Waals surface area (Å²) in [6, 6.07) is 11.1. The Morgan fingerprint density at radius 2 is 2.00 bits per heavy atom. The SMILES string of the molecule is COC(CS(=O)(=O)Nc1cc(C2CCNCC2)[nH]n1)c1ccccc1. The minimum Gasteiger partial charge on any atom is -0.376 e. The Morgan fingerprint density at radius 3 is 2.68 bits per heavy atom. The smallest absolute Gasteiger partial charge is 0.236 e. The molecule has 1 aromatic carbocycles. The number of anilines is 1. The highest BCUT2D eigenvalue weighted by Gasteiger charge is 2.23. The van der Waals surface area contributed by atoms with Crippen molar-refractivity contribution in [2.45, 2.75) is 24.9 Å². The van der Waals surface area contributed by atoms with E-state index in [2.05, 4.69) is 20.2 Å². The quantitative estimate of drug-likeness (QED) is 0.698. The second kappa shape index (κ2) is 7.99. The maximum Gasteiger partial charge on any atom is 0.236 e. The van der Waals surface area contributed by atoms with Crippen LogP contribution in [0.25, 0.3) is 0 Å². The third-order valence-electron chi connectivity index (χ3n) is 4.46. The van der Waals surface area contributed by atoms with Crippen LogP contribution in [-0.2, 0) is 14.8 Å². The van der Waals surface area contributed by atoms with Gasteiger partial charge in [-0.15, -0.1) is 0 Å². The number of aromatic amines is 1. The van der Waals surface area contributed by atoms with Crippen LogP contribution in [0.15, 0.2) is 36.4 Å². The van der Waals surface area contributed by atoms with Gasteiger partial charge in [0.05, 0.1) is 11.9 Å². The number of nitrogens with zero attached hydrogens (tertiary/aromatic N) is 1. The molecule has 25 heavy (non-hydrogen) atoms. The second-order valence-corrected chi connectivity index (χ2v) is 8.02. The molecule has 1 fully saturated rings. The van der Waals surface area contributed by atoms with Crippen LogP contribution >= 0.6 is 0 Å². The van der Waals surface area contributed by atoms with E-state index in [1.54, 1.807) is 6.07 Å². The van der Waals surface area contributed by atoms with E-state index in [1.807, 2.05) is 30.3 Å². The lowest BCUT2D eigenvalue weighted by molar-refractivity contribution is 0.122. The first kappa shape index (κ1) is 17.9. The monoisotopic (exact) mass is 364 g/mol. The van der Waals surface area contributed by atoms with Crippen LogP contribution in [0.5, 0.6) is 0 Å². The molecular weight excluding hydrogens is 340 g/mol. The fraction of sp³-hybridized carbons (Fsp3) is 0.471. The van der Waals surface area contributed by atoms with Gasteiger partial charge >= 0.3 is 0 Å². The Bertz CT molecular complexity index is 770. The summed E-state index contributed by atoms with van der Waals surface area (Å²) in [5, 5.41) is 10.4. The lowest BCUT2D eigenvalue weighted by Crippen LogP contribution is -2.26. The average molecular weight is 364 g/mol. The third-order valence-corrected chi connectivity index (χ3v) is 5.73. The van der Waals surface area contributed by atoms with E-state index in [1.165, 1.54) is 7.11 Å². The van der Waals surface area contributed by atoms with Gasteiger partial charge in [0.25, 0.3) is 0 Å². The number of ether oxygens (including phenoxy) is 1. The number of sulfonamides is 1. The summed E-state index contributed by atoms with van der Waals surface area (Å²) in [5.41, 5.74) is 1.80. The Hall–Kier alpha value is -1.90. The summed E-state index contributed by atoms with van der Waals surface area (Å²) in [7, 11) is -2.07. The fourth-order valence-corrected chi connectivity index (χ4v) is 4.33. The lowest BCUT2D eigenvalue weighted by atomic mass is 9.95. The van der Waals surface area contributed by atoms with Gasteiger partial charge in [0.1, 0.15) is 0 Å². The molecule has 3 N–H and O–H groups in total. The van der Waals surface area contributed by atoms with E-state index in [0.717, 1.165) is 37.2 Å². The maximum atomic E-state index is 12.5. The zero-order valence-corrected chi connectivity index (χ0v) is 15.1. The van der Waals surface area contributed by atoms with E-state index in [9.17, 15) is 8.42 Å². The van der Waals surface area contributed by atoms with Crippen molar-refractivity contribution < 1.29 is 13.2 Å². The number of piperidine rings is 1. The van der Waals surface area contributed by atoms with Crippen LogP contribution in [0.1, 0.15) is 36.1 Å². The second-order valence-electron chi connectivity index (χ2n) is 6.25. The van der Waals surface area contributed by atoms with Gasteiger partial charge in [-0.1, -0.05) is 30.3 Å². The minimum absolute atomic E-state index is 0.164. The molecule has 0 aliphatic carbocycles. The van der Waals surface area contributed by atoms with Gasteiger partial charge in [0.15, 0.2) is 5.82 Å². The van der Waals surface area contributed by atoms with Gasteiger partial charge in [0.2, 0.25) is 10.0 Å². The maximum absolute atomic E-state index is 12.5. The zero-order valence-electron chi connectivity index (χ0n) is 14.2. The van der Waals surface area contributed by atoms with E-state index >= 15 is 0 Å². The fourth-order valence-electron chi connectivity index (χ4n) is 3.10. The molecule has 1 aromatic heterocycles. The molecule has 7 nitrogen and oxygen atoms in total. The molecule has 2 heterocycles. The van der Waals surface area contributed by atoms with Crippen molar-refractivity contribution in [1.82, 2.24) is 15.5 Å². The molecule has 1 atom stereocenters. The van der Waals surface area contributed by atoms with Gasteiger partial charge in [-0.25, -0.2) is 8.42 Å². The van der Waals surface area contributed by atoms with E-state index in [4.69, 9.17) is 4.74 Å². The lowest BCUT2D eigenvalue weighted by Gasteiger charge is -2.20. The van der Waals surface area contributed by atoms with Gasteiger partial charge in [-0.3, -0.25) is 9.82 Å². The van der Waals surface area contributed by atoms with E-state index < -0.39 is 16.1 Å². The van der Waals surface area contributed by atoms with Crippen molar-refractivity contribution in [3.8, 4) is 0 Å². The number of rotatable bonds is 7. The molecule has 136 valence electrons. The number of hydrogen-bond acceptors (Lipinski definition) is 5. The normalized spacial score (nSPS) is 17.3. The molecule has 1 unspecified atom stereocenters. The molecule has 0 radical (unpaired) electrons. The van der Waals surface area contributed by atoms with Crippen molar-refractivity contribution in [2.24, 2.45) is 0 Å². The molecule has 3 rings (SSSR count). The van der Waals surface area contributed by atoms with Crippen LogP contribution in [0.3, 0.4) is 0 Å². The van der Waals surface area contributed by atoms with Crippen LogP contribution in [0.4, 0.5) is 5.82 Å². The van der Waals surface area contributed by atoms with Gasteiger partial charge in [0, 0.05) is 24.8 Å². The summed E-state index contributed by atoms with van der Waals surface area (Å²) in [6.45, 7) is 1.94. The molecule has 1 aliphatic rings. The highest BCUT2D eigenvalue weighted by molar-refractivity contribution is 7.92. The summed E-state index contributed by atoms with van der Waals surface area (Å²) in [6.07, 6.45) is 1.52. The molecule has 0 saturated carbocycles. The first-order valence-corrected chi connectivity index (χ1v) is 10.1. The third kappa shape index (κ3) is 4.81. The van der Waals surface area contributed by atoms with Crippen LogP contribution in [0, 0.1) is 0 Å². The Morgan fingerprint density at radius 1 is 1.28 bits per heavy atom. The highest BCUT2D eigenvalue weighted by Crippen LogP contribution is 2.26. The first-order chi connectivity index (χ1) is 12.1. The molecule has 0 amide bonds. The van der Waals surface area contributed by atoms with Gasteiger partial charge < -0.3 is 10.1 Å². The number of nitrogens with one attached hydrogen (secondary N) is 3. The average Bonchev–Trinajstić information content (AvgIpc) is 3.09. The molecule has 1 aliphatic heterocycles. The van der Waals surface area contributed by atoms with Crippen LogP contribution in [0.2, 0.25) is 0 Å². The van der Waals surface area contributed by atoms with E-state index in [-0.39, 0.29) is 5.75 Å². The van der Waals surface area contributed by atoms with Crippen molar-refractivity contribution in [3.63, 3.8) is 0 Å². The van der Waals surface area contributed by atoms with E-state index in [0.29, 0.717) is 11.7 Å². The number of methoxy groups -OCH3 is 1. The summed E-state index contributed by atoms with van der Waals surface area (Å²) < 4.78 is 32.8. The summed E-state index contributed by atoms with van der Waals surface area (Å²) in [4.78, 5) is 0. The van der Waals surface area contributed by atoms with Gasteiger partial charge in [-0.2, -0.15) is 5.10 Å². The van der Waals surface area contributed by atoms with Crippen molar-refractivity contribution in [1.29, 1.82) is 0 Å². The standard InChI is InChI=1S/C17H24N4O3S/c1-24-16(14-5-3-2-4-6-14)12-25(22,23)21-17-11-15(19-20-17)13-7-9-18-10-8-13/h2-6,11,13,16,18H,7-10,12H2,1H3,(H2,19,20,21). The Labute approximate surface area is 148 Å². The van der Waals surface area contributed by atoms with Gasteiger partial charge in [-0.05, 0) is 31.5 Å². The molecule has 0 spiro atoms. The van der Waals surface area contributed by atoms with Crippen molar-refractivity contribution in [2.75, 3.05) is 30.7 Å². The Kier molecular flexibility index (Phi) is 5.72. The molecule has 8 heteroatoms. The Balaban J connectivity index is 1.66. The largest absolute Gasteiger partial charge is 0.376 e. The molecule has 0 bridgehead atoms. The zero-order chi connectivity index (χ0) is 17.7. The number of hydrogen-bond donors (Lipinski definition) is 3. The minimum atomic E-state index is -3.58. The summed E-state index contributed by atoms with van der Waals surface area (Å²) in [5.74, 6) is 0.558. The number of H-pyrrole nitrogens is 1. The number of aromatic nitrogens is 2. The molecule has 2 aromatic rings. The molecule has 1 saturated heterocycles. The predicted octanol–water partition coefficient (Wildman–Crippen LogP) is 2.01. The van der Waals surface area contributed by atoms with Crippen molar-refractivity contribution in [3.05, 3.63) is 47.7 Å². The van der Waals surface area contributed by atoms with Crippen LogP contribution < -0.4 is 10.0 Å². The first-order valence-electron chi connectivity index (χ1n) is 8.41. The molecular formula is C17H24N4O3S.